The molecule has 0 saturated heterocycles. The van der Waals surface area contributed by atoms with Crippen LogP contribution < -0.4 is 0 Å². The van der Waals surface area contributed by atoms with E-state index in [2.05, 4.69) is 53.3 Å². The van der Waals surface area contributed by atoms with Crippen LogP contribution in [0, 0.1) is 39.9 Å². The molecule has 3 heteroatoms. The van der Waals surface area contributed by atoms with Gasteiger partial charge in [-0.25, -0.2) is 0 Å². The van der Waals surface area contributed by atoms with Crippen molar-refractivity contribution in [3.63, 3.8) is 0 Å². The Bertz CT molecular complexity index is 830. The van der Waals surface area contributed by atoms with Crippen LogP contribution in [0.4, 0.5) is 0 Å². The largest absolute Gasteiger partial charge is 0.481 e. The lowest BCUT2D eigenvalue weighted by molar-refractivity contribution is -0.138. The van der Waals surface area contributed by atoms with Crippen LogP contribution in [0.1, 0.15) is 99.8 Å². The molecule has 2 N–H and O–H groups in total. The van der Waals surface area contributed by atoms with E-state index in [4.69, 9.17) is 0 Å². The molecule has 0 aromatic carbocycles. The van der Waals surface area contributed by atoms with Gasteiger partial charge >= 0.3 is 5.97 Å². The van der Waals surface area contributed by atoms with Crippen LogP contribution in [0.25, 0.3) is 0 Å². The zero-order valence-corrected chi connectivity index (χ0v) is 22.2. The summed E-state index contributed by atoms with van der Waals surface area (Å²) in [6, 6.07) is 0. The first-order valence-corrected chi connectivity index (χ1v) is 13.1. The molecule has 7 unspecified atom stereocenters. The summed E-state index contributed by atoms with van der Waals surface area (Å²) in [6.07, 6.45) is 14.5. The zero-order chi connectivity index (χ0) is 24.8. The predicted molar refractivity (Wildman–Crippen MR) is 137 cm³/mol. The number of hydrogen-bond acceptors (Lipinski definition) is 2. The van der Waals surface area contributed by atoms with Gasteiger partial charge < -0.3 is 10.2 Å². The molecule has 3 aliphatic carbocycles. The average molecular weight is 457 g/mol. The summed E-state index contributed by atoms with van der Waals surface area (Å²) >= 11 is 0. The minimum Gasteiger partial charge on any atom is -0.481 e. The van der Waals surface area contributed by atoms with Gasteiger partial charge in [-0.15, -0.1) is 0 Å². The summed E-state index contributed by atoms with van der Waals surface area (Å²) in [6.45, 7) is 19.9. The van der Waals surface area contributed by atoms with Crippen molar-refractivity contribution in [1.82, 2.24) is 0 Å². The monoisotopic (exact) mass is 456 g/mol. The molecule has 7 atom stereocenters. The van der Waals surface area contributed by atoms with Gasteiger partial charge in [0.2, 0.25) is 0 Å². The molecule has 0 aromatic heterocycles. The molecule has 3 nitrogen and oxygen atoms in total. The fourth-order valence-corrected chi connectivity index (χ4v) is 8.32. The van der Waals surface area contributed by atoms with Gasteiger partial charge in [-0.3, -0.25) is 4.79 Å². The highest BCUT2D eigenvalue weighted by Crippen LogP contribution is 2.71. The lowest BCUT2D eigenvalue weighted by Gasteiger charge is -2.60. The van der Waals surface area contributed by atoms with Gasteiger partial charge in [0.1, 0.15) is 0 Å². The summed E-state index contributed by atoms with van der Waals surface area (Å²) in [7, 11) is 0. The summed E-state index contributed by atoms with van der Waals surface area (Å²) in [5.74, 6) is 1.38. The molecule has 33 heavy (non-hydrogen) atoms. The SMILES string of the molecule is C=C(C)C1CC=C2C(CCC3(C)C(C(C)CC=CC(C)(C)O)CCC23C)C1(C)CCC(=O)O. The molecule has 3 rings (SSSR count). The summed E-state index contributed by atoms with van der Waals surface area (Å²) in [4.78, 5) is 11.5. The van der Waals surface area contributed by atoms with E-state index in [1.807, 2.05) is 19.9 Å². The van der Waals surface area contributed by atoms with Crippen molar-refractivity contribution in [3.05, 3.63) is 36.0 Å². The van der Waals surface area contributed by atoms with E-state index in [-0.39, 0.29) is 22.7 Å². The Morgan fingerprint density at radius 3 is 2.52 bits per heavy atom. The molecular weight excluding hydrogens is 408 g/mol. The van der Waals surface area contributed by atoms with E-state index < -0.39 is 11.6 Å². The molecule has 0 amide bonds. The van der Waals surface area contributed by atoms with E-state index in [1.54, 1.807) is 5.57 Å². The first-order valence-electron chi connectivity index (χ1n) is 13.1. The molecule has 2 fully saturated rings. The van der Waals surface area contributed by atoms with Gasteiger partial charge in [0, 0.05) is 6.42 Å². The third kappa shape index (κ3) is 4.64. The van der Waals surface area contributed by atoms with E-state index in [1.165, 1.54) is 24.8 Å². The molecule has 0 bridgehead atoms. The lowest BCUT2D eigenvalue weighted by Crippen LogP contribution is -2.52. The van der Waals surface area contributed by atoms with Gasteiger partial charge in [0.05, 0.1) is 5.60 Å². The van der Waals surface area contributed by atoms with Gasteiger partial charge in [-0.2, -0.15) is 0 Å². The Morgan fingerprint density at radius 2 is 1.94 bits per heavy atom. The minimum atomic E-state index is -0.751. The van der Waals surface area contributed by atoms with Gasteiger partial charge in [0.15, 0.2) is 0 Å². The Morgan fingerprint density at radius 1 is 1.27 bits per heavy atom. The quantitative estimate of drug-likeness (QED) is 0.370. The summed E-state index contributed by atoms with van der Waals surface area (Å²) < 4.78 is 0. The van der Waals surface area contributed by atoms with E-state index in [0.717, 1.165) is 25.7 Å². The van der Waals surface area contributed by atoms with Gasteiger partial charge in [-0.1, -0.05) is 63.6 Å². The number of fused-ring (bicyclic) bond motifs is 3. The van der Waals surface area contributed by atoms with E-state index in [0.29, 0.717) is 23.7 Å². The molecule has 3 aliphatic rings. The molecule has 0 aromatic rings. The highest BCUT2D eigenvalue weighted by atomic mass is 16.4. The maximum atomic E-state index is 11.5. The topological polar surface area (TPSA) is 57.5 Å². The second-order valence-corrected chi connectivity index (χ2v) is 12.9. The molecule has 0 aliphatic heterocycles. The van der Waals surface area contributed by atoms with Crippen LogP contribution in [0.2, 0.25) is 0 Å². The fraction of sp³-hybridized carbons (Fsp3) is 0.767. The van der Waals surface area contributed by atoms with Crippen LogP contribution >= 0.6 is 0 Å². The molecule has 0 spiro atoms. The third-order valence-electron chi connectivity index (χ3n) is 10.4. The molecular formula is C30H48O3. The standard InChI is InChI=1S/C30H48O3/c1-20(2)22-11-12-25-24(28(22,6)17-15-26(31)32)14-19-29(7)23(13-18-30(25,29)8)21(3)10-9-16-27(4,5)33/h9,12,16,21-24,33H,1,10-11,13-15,17-19H2,2-8H3,(H,31,32). The number of hydrogen-bond donors (Lipinski definition) is 2. The maximum Gasteiger partial charge on any atom is 0.303 e. The van der Waals surface area contributed by atoms with Crippen LogP contribution in [0.5, 0.6) is 0 Å². The number of aliphatic carboxylic acids is 1. The smallest absolute Gasteiger partial charge is 0.303 e. The molecule has 2 saturated carbocycles. The number of carbonyl (C=O) groups is 1. The molecule has 186 valence electrons. The third-order valence-corrected chi connectivity index (χ3v) is 10.4. The van der Waals surface area contributed by atoms with E-state index >= 15 is 0 Å². The highest BCUT2D eigenvalue weighted by Gasteiger charge is 2.63. The molecule has 0 heterocycles. The Labute approximate surface area is 202 Å². The van der Waals surface area contributed by atoms with Crippen molar-refractivity contribution in [1.29, 1.82) is 0 Å². The van der Waals surface area contributed by atoms with Crippen LogP contribution in [-0.2, 0) is 4.79 Å². The molecule has 0 radical (unpaired) electrons. The Kier molecular flexibility index (Phi) is 7.18. The fourth-order valence-electron chi connectivity index (χ4n) is 8.32. The van der Waals surface area contributed by atoms with Crippen molar-refractivity contribution in [3.8, 4) is 0 Å². The number of carboxylic acid groups (broad SMARTS) is 1. The average Bonchev–Trinajstić information content (AvgIpc) is 2.97. The maximum absolute atomic E-state index is 11.5. The number of aliphatic hydroxyl groups is 1. The summed E-state index contributed by atoms with van der Waals surface area (Å²) in [5, 5.41) is 19.5. The van der Waals surface area contributed by atoms with Crippen molar-refractivity contribution in [2.45, 2.75) is 105 Å². The first-order chi connectivity index (χ1) is 15.2. The summed E-state index contributed by atoms with van der Waals surface area (Å²) in [5.41, 5.74) is 2.49. The van der Waals surface area contributed by atoms with Crippen LogP contribution in [0.3, 0.4) is 0 Å². The number of allylic oxidation sites excluding steroid dienone is 4. The van der Waals surface area contributed by atoms with Crippen molar-refractivity contribution in [2.75, 3.05) is 0 Å². The second-order valence-electron chi connectivity index (χ2n) is 12.9. The minimum absolute atomic E-state index is 0.0300. The van der Waals surface area contributed by atoms with Crippen molar-refractivity contribution < 1.29 is 15.0 Å². The second kappa shape index (κ2) is 9.02. The number of carboxylic acids is 1. The normalized spacial score (nSPS) is 39.6. The van der Waals surface area contributed by atoms with E-state index in [9.17, 15) is 15.0 Å². The Balaban J connectivity index is 1.90. The lowest BCUT2D eigenvalue weighted by atomic mass is 9.44. The number of rotatable bonds is 8. The van der Waals surface area contributed by atoms with Gasteiger partial charge in [0.25, 0.3) is 0 Å². The van der Waals surface area contributed by atoms with Crippen molar-refractivity contribution in [2.24, 2.45) is 39.9 Å². The zero-order valence-electron chi connectivity index (χ0n) is 22.2. The van der Waals surface area contributed by atoms with Crippen LogP contribution in [-0.4, -0.2) is 21.8 Å². The first kappa shape index (κ1) is 26.3. The predicted octanol–water partition coefficient (Wildman–Crippen LogP) is 7.57. The van der Waals surface area contributed by atoms with Crippen LogP contribution in [0.15, 0.2) is 36.0 Å². The highest BCUT2D eigenvalue weighted by molar-refractivity contribution is 5.66. The Hall–Kier alpha value is -1.35. The van der Waals surface area contributed by atoms with Crippen molar-refractivity contribution >= 4 is 5.97 Å². The van der Waals surface area contributed by atoms with Gasteiger partial charge in [-0.05, 0) is 106 Å².